The van der Waals surface area contributed by atoms with E-state index >= 15 is 0 Å². The fourth-order valence-corrected chi connectivity index (χ4v) is 1.65. The molecule has 76 valence electrons. The van der Waals surface area contributed by atoms with Gasteiger partial charge in [0, 0.05) is 5.39 Å². The van der Waals surface area contributed by atoms with E-state index in [1.165, 1.54) is 0 Å². The molecule has 0 atom stereocenters. The van der Waals surface area contributed by atoms with E-state index in [1.807, 2.05) is 18.2 Å². The molecule has 0 radical (unpaired) electrons. The topological polar surface area (TPSA) is 56.0 Å². The summed E-state index contributed by atoms with van der Waals surface area (Å²) in [5.41, 5.74) is 6.44. The van der Waals surface area contributed by atoms with Crippen molar-refractivity contribution < 1.29 is 4.79 Å². The smallest absolute Gasteiger partial charge is 0.223 e. The van der Waals surface area contributed by atoms with Gasteiger partial charge in [-0.25, -0.2) is 0 Å². The van der Waals surface area contributed by atoms with Crippen LogP contribution in [-0.4, -0.2) is 10.9 Å². The van der Waals surface area contributed by atoms with Crippen LogP contribution in [0.25, 0.3) is 10.9 Å². The normalized spacial score (nSPS) is 10.5. The SMILES string of the molecule is NC(=O)Cc1ccc2cccc(Cl)c2n1. The van der Waals surface area contributed by atoms with E-state index in [-0.39, 0.29) is 6.42 Å². The largest absolute Gasteiger partial charge is 0.369 e. The zero-order chi connectivity index (χ0) is 10.8. The van der Waals surface area contributed by atoms with Gasteiger partial charge in [0.1, 0.15) is 0 Å². The first-order valence-corrected chi connectivity index (χ1v) is 4.87. The maximum absolute atomic E-state index is 10.7. The van der Waals surface area contributed by atoms with E-state index in [1.54, 1.807) is 12.1 Å². The number of hydrogen-bond acceptors (Lipinski definition) is 2. The zero-order valence-corrected chi connectivity index (χ0v) is 8.66. The quantitative estimate of drug-likeness (QED) is 0.841. The Labute approximate surface area is 91.9 Å². The first kappa shape index (κ1) is 9.93. The molecular weight excluding hydrogens is 212 g/mol. The molecule has 3 nitrogen and oxygen atoms in total. The van der Waals surface area contributed by atoms with Crippen LogP contribution >= 0.6 is 11.6 Å². The molecule has 0 saturated carbocycles. The number of carbonyl (C=O) groups is 1. The van der Waals surface area contributed by atoms with Gasteiger partial charge in [-0.3, -0.25) is 9.78 Å². The number of fused-ring (bicyclic) bond motifs is 1. The molecule has 2 rings (SSSR count). The number of nitrogens with two attached hydrogens (primary N) is 1. The molecule has 0 spiro atoms. The molecule has 1 aromatic carbocycles. The van der Waals surface area contributed by atoms with Crippen LogP contribution in [0, 0.1) is 0 Å². The van der Waals surface area contributed by atoms with Crippen LogP contribution < -0.4 is 5.73 Å². The first-order valence-electron chi connectivity index (χ1n) is 4.49. The van der Waals surface area contributed by atoms with Gasteiger partial charge < -0.3 is 5.73 Å². The summed E-state index contributed by atoms with van der Waals surface area (Å²) < 4.78 is 0. The van der Waals surface area contributed by atoms with Gasteiger partial charge in [-0.2, -0.15) is 0 Å². The predicted molar refractivity (Wildman–Crippen MR) is 59.7 cm³/mol. The highest BCUT2D eigenvalue weighted by atomic mass is 35.5. The molecule has 4 heteroatoms. The molecule has 1 heterocycles. The lowest BCUT2D eigenvalue weighted by atomic mass is 10.2. The van der Waals surface area contributed by atoms with Crippen LogP contribution in [0.1, 0.15) is 5.69 Å². The van der Waals surface area contributed by atoms with E-state index in [9.17, 15) is 4.79 Å². The van der Waals surface area contributed by atoms with Crippen LogP contribution in [0.3, 0.4) is 0 Å². The highest BCUT2D eigenvalue weighted by Gasteiger charge is 2.04. The number of amides is 1. The van der Waals surface area contributed by atoms with Crippen molar-refractivity contribution in [1.82, 2.24) is 4.98 Å². The second-order valence-corrected chi connectivity index (χ2v) is 3.66. The van der Waals surface area contributed by atoms with Crippen LogP contribution in [0.5, 0.6) is 0 Å². The molecule has 0 bridgehead atoms. The third-order valence-corrected chi connectivity index (χ3v) is 2.39. The lowest BCUT2D eigenvalue weighted by Crippen LogP contribution is -2.14. The minimum Gasteiger partial charge on any atom is -0.369 e. The number of carbonyl (C=O) groups excluding carboxylic acids is 1. The molecule has 2 N–H and O–H groups in total. The number of hydrogen-bond donors (Lipinski definition) is 1. The summed E-state index contributed by atoms with van der Waals surface area (Å²) in [6.07, 6.45) is 0.140. The van der Waals surface area contributed by atoms with Gasteiger partial charge in [0.25, 0.3) is 0 Å². The van der Waals surface area contributed by atoms with Gasteiger partial charge in [-0.15, -0.1) is 0 Å². The summed E-state index contributed by atoms with van der Waals surface area (Å²) in [5, 5.41) is 1.54. The van der Waals surface area contributed by atoms with E-state index < -0.39 is 5.91 Å². The van der Waals surface area contributed by atoms with Crippen molar-refractivity contribution in [2.24, 2.45) is 5.73 Å². The maximum Gasteiger partial charge on any atom is 0.223 e. The highest BCUT2D eigenvalue weighted by Crippen LogP contribution is 2.21. The average Bonchev–Trinajstić information content (AvgIpc) is 2.18. The Morgan fingerprint density at radius 2 is 2.13 bits per heavy atom. The molecule has 1 aromatic heterocycles. The summed E-state index contributed by atoms with van der Waals surface area (Å²) in [5.74, 6) is -0.395. The Kier molecular flexibility index (Phi) is 2.56. The fraction of sp³-hybridized carbons (Fsp3) is 0.0909. The lowest BCUT2D eigenvalue weighted by Gasteiger charge is -2.02. The molecule has 0 unspecified atom stereocenters. The van der Waals surface area contributed by atoms with Crippen molar-refractivity contribution in [3.05, 3.63) is 41.0 Å². The molecule has 0 aliphatic rings. The molecular formula is C11H9ClN2O. The molecule has 2 aromatic rings. The number of rotatable bonds is 2. The number of pyridine rings is 1. The van der Waals surface area contributed by atoms with Crippen molar-refractivity contribution in [2.75, 3.05) is 0 Å². The van der Waals surface area contributed by atoms with Crippen molar-refractivity contribution in [1.29, 1.82) is 0 Å². The van der Waals surface area contributed by atoms with Crippen molar-refractivity contribution >= 4 is 28.4 Å². The van der Waals surface area contributed by atoms with E-state index in [2.05, 4.69) is 4.98 Å². The molecule has 0 aliphatic heterocycles. The van der Waals surface area contributed by atoms with Crippen molar-refractivity contribution in [3.63, 3.8) is 0 Å². The van der Waals surface area contributed by atoms with Gasteiger partial charge in [-0.05, 0) is 12.1 Å². The Hall–Kier alpha value is -1.61. The number of aromatic nitrogens is 1. The summed E-state index contributed by atoms with van der Waals surface area (Å²) in [6.45, 7) is 0. The Morgan fingerprint density at radius 3 is 2.87 bits per heavy atom. The number of primary amides is 1. The third-order valence-electron chi connectivity index (χ3n) is 2.08. The van der Waals surface area contributed by atoms with Gasteiger partial charge in [-0.1, -0.05) is 29.8 Å². The first-order chi connectivity index (χ1) is 7.16. The van der Waals surface area contributed by atoms with Crippen LogP contribution in [0.15, 0.2) is 30.3 Å². The summed E-state index contributed by atoms with van der Waals surface area (Å²) in [4.78, 5) is 15.0. The molecule has 1 amide bonds. The Morgan fingerprint density at radius 1 is 1.33 bits per heavy atom. The molecule has 0 fully saturated rings. The van der Waals surface area contributed by atoms with E-state index in [4.69, 9.17) is 17.3 Å². The van der Waals surface area contributed by atoms with E-state index in [0.717, 1.165) is 5.39 Å². The van der Waals surface area contributed by atoms with Crippen molar-refractivity contribution in [2.45, 2.75) is 6.42 Å². The van der Waals surface area contributed by atoms with Gasteiger partial charge in [0.05, 0.1) is 22.7 Å². The summed E-state index contributed by atoms with van der Waals surface area (Å²) in [7, 11) is 0. The van der Waals surface area contributed by atoms with Gasteiger partial charge >= 0.3 is 0 Å². The Balaban J connectivity index is 2.54. The third kappa shape index (κ3) is 2.07. The van der Waals surface area contributed by atoms with Gasteiger partial charge in [0.15, 0.2) is 0 Å². The number of para-hydroxylation sites is 1. The zero-order valence-electron chi connectivity index (χ0n) is 7.90. The van der Waals surface area contributed by atoms with Gasteiger partial charge in [0.2, 0.25) is 5.91 Å². The monoisotopic (exact) mass is 220 g/mol. The number of halogens is 1. The Bertz CT molecular complexity index is 525. The summed E-state index contributed by atoms with van der Waals surface area (Å²) >= 11 is 5.99. The lowest BCUT2D eigenvalue weighted by molar-refractivity contribution is -0.117. The average molecular weight is 221 g/mol. The fourth-order valence-electron chi connectivity index (χ4n) is 1.43. The molecule has 0 aliphatic carbocycles. The van der Waals surface area contributed by atoms with Crippen LogP contribution in [0.2, 0.25) is 5.02 Å². The number of benzene rings is 1. The molecule has 15 heavy (non-hydrogen) atoms. The summed E-state index contributed by atoms with van der Waals surface area (Å²) in [6, 6.07) is 9.21. The second-order valence-electron chi connectivity index (χ2n) is 3.26. The number of nitrogens with zero attached hydrogens (tertiary/aromatic N) is 1. The van der Waals surface area contributed by atoms with Crippen LogP contribution in [-0.2, 0) is 11.2 Å². The maximum atomic E-state index is 10.7. The highest BCUT2D eigenvalue weighted by molar-refractivity contribution is 6.35. The van der Waals surface area contributed by atoms with E-state index in [0.29, 0.717) is 16.2 Å². The van der Waals surface area contributed by atoms with Crippen molar-refractivity contribution in [3.8, 4) is 0 Å². The second kappa shape index (κ2) is 3.87. The standard InChI is InChI=1S/C11H9ClN2O/c12-9-3-1-2-7-4-5-8(6-10(13)15)14-11(7)9/h1-5H,6H2,(H2,13,15). The minimum atomic E-state index is -0.395. The predicted octanol–water partition coefficient (Wildman–Crippen LogP) is 1.92. The minimum absolute atomic E-state index is 0.140. The van der Waals surface area contributed by atoms with Crippen LogP contribution in [0.4, 0.5) is 0 Å². The molecule has 0 saturated heterocycles.